The molecule has 0 spiro atoms. The molecule has 0 saturated carbocycles. The molecule has 0 aliphatic heterocycles. The molecule has 0 aliphatic carbocycles. The number of hydrogen-bond acceptors (Lipinski definition) is 6. The van der Waals surface area contributed by atoms with Gasteiger partial charge in [0.2, 0.25) is 0 Å². The van der Waals surface area contributed by atoms with Crippen molar-refractivity contribution in [3.8, 4) is 0 Å². The molecule has 0 rings (SSSR count). The molecule has 0 aromatic rings. The number of carbonyl (C=O) groups excluding carboxylic acids is 3. The van der Waals surface area contributed by atoms with Crippen LogP contribution in [-0.4, -0.2) is 37.2 Å². The maximum absolute atomic E-state index is 12.7. The van der Waals surface area contributed by atoms with Crippen molar-refractivity contribution < 1.29 is 28.6 Å². The van der Waals surface area contributed by atoms with E-state index in [2.05, 4.69) is 34.6 Å². The Morgan fingerprint density at radius 3 is 0.875 bits per heavy atom. The smallest absolute Gasteiger partial charge is 0.306 e. The lowest BCUT2D eigenvalue weighted by Crippen LogP contribution is -2.30. The van der Waals surface area contributed by atoms with Gasteiger partial charge in [0, 0.05) is 19.3 Å². The lowest BCUT2D eigenvalue weighted by Gasteiger charge is -2.18. The number of rotatable bonds is 44. The van der Waals surface area contributed by atoms with Gasteiger partial charge in [-0.05, 0) is 31.1 Å². The number of hydrogen-bond donors (Lipinski definition) is 0. The summed E-state index contributed by atoms with van der Waals surface area (Å²) in [4.78, 5) is 37.8. The molecule has 0 aliphatic rings. The first-order valence-corrected chi connectivity index (χ1v) is 24.7. The van der Waals surface area contributed by atoms with Gasteiger partial charge in [0.25, 0.3) is 0 Å². The Hall–Kier alpha value is -1.59. The molecule has 0 heterocycles. The summed E-state index contributed by atoms with van der Waals surface area (Å²) in [7, 11) is 0. The van der Waals surface area contributed by atoms with E-state index in [4.69, 9.17) is 14.2 Å². The van der Waals surface area contributed by atoms with E-state index < -0.39 is 6.10 Å². The Bertz CT molecular complexity index is 854. The Labute approximate surface area is 348 Å². The lowest BCUT2D eigenvalue weighted by molar-refractivity contribution is -0.167. The normalized spacial score (nSPS) is 12.1. The standard InChI is InChI=1S/C50H96O6/c1-6-7-8-9-10-11-20-27-32-37-42-50(53)56-47(44-55-49(52)41-36-31-26-22-17-16-19-24-29-34-39-46(4)5)43-54-48(51)40-35-30-25-21-15-13-12-14-18-23-28-33-38-45(2)3/h45-47H,6-44H2,1-5H3/t47-/m1/s1. The zero-order valence-electron chi connectivity index (χ0n) is 38.3. The van der Waals surface area contributed by atoms with Crippen LogP contribution in [0.4, 0.5) is 0 Å². The largest absolute Gasteiger partial charge is 0.462 e. The van der Waals surface area contributed by atoms with Crippen LogP contribution in [0.25, 0.3) is 0 Å². The molecule has 0 aromatic carbocycles. The first kappa shape index (κ1) is 54.4. The quantitative estimate of drug-likeness (QED) is 0.0347. The van der Waals surface area contributed by atoms with Gasteiger partial charge in [-0.1, -0.05) is 234 Å². The summed E-state index contributed by atoms with van der Waals surface area (Å²) in [6, 6.07) is 0. The molecule has 0 bridgehead atoms. The van der Waals surface area contributed by atoms with Crippen molar-refractivity contribution in [2.24, 2.45) is 11.8 Å². The second-order valence-corrected chi connectivity index (χ2v) is 18.1. The molecule has 0 unspecified atom stereocenters. The van der Waals surface area contributed by atoms with Gasteiger partial charge in [0.15, 0.2) is 6.10 Å². The van der Waals surface area contributed by atoms with Crippen LogP contribution in [0.5, 0.6) is 0 Å². The third-order valence-corrected chi connectivity index (χ3v) is 11.2. The molecule has 56 heavy (non-hydrogen) atoms. The van der Waals surface area contributed by atoms with Crippen molar-refractivity contribution in [2.45, 2.75) is 278 Å². The Morgan fingerprint density at radius 1 is 0.339 bits per heavy atom. The molecule has 332 valence electrons. The van der Waals surface area contributed by atoms with Crippen LogP contribution in [0, 0.1) is 11.8 Å². The van der Waals surface area contributed by atoms with Gasteiger partial charge in [-0.15, -0.1) is 0 Å². The maximum atomic E-state index is 12.7. The first-order valence-electron chi connectivity index (χ1n) is 24.7. The fraction of sp³-hybridized carbons (Fsp3) is 0.940. The molecule has 6 heteroatoms. The summed E-state index contributed by atoms with van der Waals surface area (Å²) >= 11 is 0. The highest BCUT2D eigenvalue weighted by atomic mass is 16.6. The van der Waals surface area contributed by atoms with Crippen LogP contribution in [0.3, 0.4) is 0 Å². The van der Waals surface area contributed by atoms with E-state index >= 15 is 0 Å². The Balaban J connectivity index is 4.29. The number of ether oxygens (including phenoxy) is 3. The highest BCUT2D eigenvalue weighted by Gasteiger charge is 2.19. The van der Waals surface area contributed by atoms with Crippen molar-refractivity contribution in [1.29, 1.82) is 0 Å². The third kappa shape index (κ3) is 43.5. The minimum Gasteiger partial charge on any atom is -0.462 e. The molecular formula is C50H96O6. The average Bonchev–Trinajstić information content (AvgIpc) is 3.16. The van der Waals surface area contributed by atoms with E-state index in [0.29, 0.717) is 19.3 Å². The molecule has 1 atom stereocenters. The van der Waals surface area contributed by atoms with Crippen LogP contribution in [0.1, 0.15) is 272 Å². The topological polar surface area (TPSA) is 78.9 Å². The minimum absolute atomic E-state index is 0.0641. The number of unbranched alkanes of at least 4 members (excludes halogenated alkanes) is 29. The summed E-state index contributed by atoms with van der Waals surface area (Å²) in [5.74, 6) is 0.800. The molecule has 0 N–H and O–H groups in total. The van der Waals surface area contributed by atoms with Crippen LogP contribution in [-0.2, 0) is 28.6 Å². The summed E-state index contributed by atoms with van der Waals surface area (Å²) in [5, 5.41) is 0. The van der Waals surface area contributed by atoms with Crippen molar-refractivity contribution in [1.82, 2.24) is 0 Å². The fourth-order valence-corrected chi connectivity index (χ4v) is 7.46. The monoisotopic (exact) mass is 793 g/mol. The summed E-state index contributed by atoms with van der Waals surface area (Å²) < 4.78 is 16.8. The Kier molecular flexibility index (Phi) is 41.8. The van der Waals surface area contributed by atoms with Crippen molar-refractivity contribution in [3.63, 3.8) is 0 Å². The predicted octanol–water partition coefficient (Wildman–Crippen LogP) is 15.8. The molecule has 0 amide bonds. The van der Waals surface area contributed by atoms with Crippen LogP contribution < -0.4 is 0 Å². The summed E-state index contributed by atoms with van der Waals surface area (Å²) in [6.07, 6.45) is 42.3. The van der Waals surface area contributed by atoms with E-state index in [-0.39, 0.29) is 31.1 Å². The van der Waals surface area contributed by atoms with E-state index in [1.165, 1.54) is 161 Å². The zero-order valence-corrected chi connectivity index (χ0v) is 38.3. The summed E-state index contributed by atoms with van der Waals surface area (Å²) in [6.45, 7) is 11.3. The van der Waals surface area contributed by atoms with Gasteiger partial charge in [-0.2, -0.15) is 0 Å². The highest BCUT2D eigenvalue weighted by molar-refractivity contribution is 5.71. The molecule has 0 radical (unpaired) electrons. The zero-order chi connectivity index (χ0) is 41.2. The number of esters is 3. The molecule has 0 aromatic heterocycles. The average molecular weight is 793 g/mol. The van der Waals surface area contributed by atoms with Gasteiger partial charge >= 0.3 is 17.9 Å². The maximum Gasteiger partial charge on any atom is 0.306 e. The van der Waals surface area contributed by atoms with Crippen LogP contribution >= 0.6 is 0 Å². The van der Waals surface area contributed by atoms with E-state index in [9.17, 15) is 14.4 Å². The van der Waals surface area contributed by atoms with Gasteiger partial charge in [0.1, 0.15) is 13.2 Å². The molecule has 6 nitrogen and oxygen atoms in total. The SMILES string of the molecule is CCCCCCCCCCCCC(=O)O[C@H](COC(=O)CCCCCCCCCCCCCCC(C)C)COC(=O)CCCCCCCCCCCCC(C)C. The van der Waals surface area contributed by atoms with Crippen LogP contribution in [0.2, 0.25) is 0 Å². The van der Waals surface area contributed by atoms with E-state index in [1.54, 1.807) is 0 Å². The third-order valence-electron chi connectivity index (χ3n) is 11.2. The van der Waals surface area contributed by atoms with Gasteiger partial charge in [-0.3, -0.25) is 14.4 Å². The van der Waals surface area contributed by atoms with Crippen molar-refractivity contribution in [2.75, 3.05) is 13.2 Å². The molecule has 0 fully saturated rings. The van der Waals surface area contributed by atoms with Gasteiger partial charge < -0.3 is 14.2 Å². The van der Waals surface area contributed by atoms with Crippen LogP contribution in [0.15, 0.2) is 0 Å². The van der Waals surface area contributed by atoms with Crippen molar-refractivity contribution >= 4 is 17.9 Å². The second kappa shape index (κ2) is 43.0. The van der Waals surface area contributed by atoms with E-state index in [1.807, 2.05) is 0 Å². The lowest BCUT2D eigenvalue weighted by atomic mass is 10.0. The number of carbonyl (C=O) groups is 3. The Morgan fingerprint density at radius 2 is 0.589 bits per heavy atom. The predicted molar refractivity (Wildman–Crippen MR) is 238 cm³/mol. The first-order chi connectivity index (χ1) is 27.2. The highest BCUT2D eigenvalue weighted by Crippen LogP contribution is 2.17. The van der Waals surface area contributed by atoms with E-state index in [0.717, 1.165) is 69.6 Å². The summed E-state index contributed by atoms with van der Waals surface area (Å²) in [5.41, 5.74) is 0. The van der Waals surface area contributed by atoms with Gasteiger partial charge in [-0.25, -0.2) is 0 Å². The molecular weight excluding hydrogens is 697 g/mol. The van der Waals surface area contributed by atoms with Crippen molar-refractivity contribution in [3.05, 3.63) is 0 Å². The minimum atomic E-state index is -0.760. The van der Waals surface area contributed by atoms with Gasteiger partial charge in [0.05, 0.1) is 0 Å². The second-order valence-electron chi connectivity index (χ2n) is 18.1. The fourth-order valence-electron chi connectivity index (χ4n) is 7.46. The molecule has 0 saturated heterocycles.